The highest BCUT2D eigenvalue weighted by Gasteiger charge is 2.37. The van der Waals surface area contributed by atoms with Crippen LogP contribution in [0.4, 0.5) is 0 Å². The molecule has 0 aromatic heterocycles. The highest BCUT2D eigenvalue weighted by atomic mass is 16.5. The monoisotopic (exact) mass is 212 g/mol. The SMILES string of the molecule is CC(COCC1CC1)(NC1CC1)C(N)=O. The second kappa shape index (κ2) is 4.10. The van der Waals surface area contributed by atoms with Crippen LogP contribution in [0.15, 0.2) is 0 Å². The fourth-order valence-electron chi connectivity index (χ4n) is 1.58. The van der Waals surface area contributed by atoms with Gasteiger partial charge in [-0.15, -0.1) is 0 Å². The minimum atomic E-state index is -0.684. The van der Waals surface area contributed by atoms with E-state index in [2.05, 4.69) is 5.32 Å². The third kappa shape index (κ3) is 3.18. The van der Waals surface area contributed by atoms with E-state index in [1.165, 1.54) is 12.8 Å². The molecule has 1 amide bonds. The summed E-state index contributed by atoms with van der Waals surface area (Å²) < 4.78 is 5.55. The molecule has 2 aliphatic carbocycles. The molecule has 4 nitrogen and oxygen atoms in total. The molecule has 2 saturated carbocycles. The lowest BCUT2D eigenvalue weighted by molar-refractivity contribution is -0.126. The molecule has 0 aliphatic heterocycles. The van der Waals surface area contributed by atoms with Gasteiger partial charge in [0.25, 0.3) is 0 Å². The van der Waals surface area contributed by atoms with E-state index in [-0.39, 0.29) is 5.91 Å². The zero-order valence-electron chi connectivity index (χ0n) is 9.29. The summed E-state index contributed by atoms with van der Waals surface area (Å²) in [5, 5.41) is 3.26. The van der Waals surface area contributed by atoms with Crippen LogP contribution in [0, 0.1) is 5.92 Å². The van der Waals surface area contributed by atoms with E-state index >= 15 is 0 Å². The maximum atomic E-state index is 11.4. The number of rotatable bonds is 7. The third-order valence-corrected chi connectivity index (χ3v) is 3.09. The molecule has 0 saturated heterocycles. The summed E-state index contributed by atoms with van der Waals surface area (Å²) in [4.78, 5) is 11.4. The number of amides is 1. The summed E-state index contributed by atoms with van der Waals surface area (Å²) in [6.45, 7) is 3.01. The summed E-state index contributed by atoms with van der Waals surface area (Å²) in [5.74, 6) is 0.410. The van der Waals surface area contributed by atoms with Crippen molar-refractivity contribution in [2.75, 3.05) is 13.2 Å². The topological polar surface area (TPSA) is 64.3 Å². The Morgan fingerprint density at radius 2 is 2.13 bits per heavy atom. The molecule has 0 heterocycles. The van der Waals surface area contributed by atoms with E-state index in [0.29, 0.717) is 12.6 Å². The van der Waals surface area contributed by atoms with Gasteiger partial charge in [-0.25, -0.2) is 0 Å². The van der Waals surface area contributed by atoms with Gasteiger partial charge in [-0.1, -0.05) is 0 Å². The van der Waals surface area contributed by atoms with Gasteiger partial charge in [0.15, 0.2) is 0 Å². The lowest BCUT2D eigenvalue weighted by atomic mass is 10.0. The molecular formula is C11H20N2O2. The van der Waals surface area contributed by atoms with E-state index in [4.69, 9.17) is 10.5 Å². The highest BCUT2D eigenvalue weighted by molar-refractivity contribution is 5.84. The normalized spacial score (nSPS) is 24.9. The Hall–Kier alpha value is -0.610. The Kier molecular flexibility index (Phi) is 2.98. The van der Waals surface area contributed by atoms with Gasteiger partial charge in [0, 0.05) is 12.6 Å². The Bertz CT molecular complexity index is 249. The Morgan fingerprint density at radius 3 is 2.60 bits per heavy atom. The molecule has 0 spiro atoms. The summed E-state index contributed by atoms with van der Waals surface area (Å²) in [6, 6.07) is 0.465. The van der Waals surface area contributed by atoms with Crippen LogP contribution in [0.1, 0.15) is 32.6 Å². The minimum absolute atomic E-state index is 0.315. The van der Waals surface area contributed by atoms with E-state index in [1.54, 1.807) is 0 Å². The molecule has 2 rings (SSSR count). The summed E-state index contributed by atoms with van der Waals surface area (Å²) in [5.41, 5.74) is 4.71. The van der Waals surface area contributed by atoms with Crippen molar-refractivity contribution in [3.05, 3.63) is 0 Å². The third-order valence-electron chi connectivity index (χ3n) is 3.09. The van der Waals surface area contributed by atoms with Crippen LogP contribution in [0.5, 0.6) is 0 Å². The Balaban J connectivity index is 1.76. The minimum Gasteiger partial charge on any atom is -0.379 e. The standard InChI is InChI=1S/C11H20N2O2/c1-11(10(12)14,13-9-4-5-9)7-15-6-8-2-3-8/h8-9,13H,2-7H2,1H3,(H2,12,14). The number of nitrogens with one attached hydrogen (secondary N) is 1. The summed E-state index contributed by atoms with van der Waals surface area (Å²) >= 11 is 0. The Labute approximate surface area is 90.5 Å². The molecule has 0 radical (unpaired) electrons. The zero-order valence-corrected chi connectivity index (χ0v) is 9.29. The summed E-state index contributed by atoms with van der Waals surface area (Å²) in [7, 11) is 0. The fraction of sp³-hybridized carbons (Fsp3) is 0.909. The number of hydrogen-bond acceptors (Lipinski definition) is 3. The van der Waals surface area contributed by atoms with Crippen molar-refractivity contribution < 1.29 is 9.53 Å². The lowest BCUT2D eigenvalue weighted by Gasteiger charge is -2.27. The van der Waals surface area contributed by atoms with Gasteiger partial charge in [0.1, 0.15) is 5.54 Å². The van der Waals surface area contributed by atoms with Gasteiger partial charge in [-0.05, 0) is 38.5 Å². The largest absolute Gasteiger partial charge is 0.379 e. The van der Waals surface area contributed by atoms with Crippen LogP contribution >= 0.6 is 0 Å². The van der Waals surface area contributed by atoms with Gasteiger partial charge in [-0.3, -0.25) is 10.1 Å². The first kappa shape index (κ1) is 10.9. The second-order valence-electron chi connectivity index (χ2n) is 5.07. The van der Waals surface area contributed by atoms with Crippen LogP contribution in [0.25, 0.3) is 0 Å². The van der Waals surface area contributed by atoms with E-state index < -0.39 is 5.54 Å². The summed E-state index contributed by atoms with van der Waals surface area (Å²) in [6.07, 6.45) is 4.82. The van der Waals surface area contributed by atoms with Gasteiger partial charge in [0.2, 0.25) is 5.91 Å². The molecule has 2 aliphatic rings. The predicted molar refractivity (Wildman–Crippen MR) is 57.3 cm³/mol. The number of ether oxygens (including phenoxy) is 1. The smallest absolute Gasteiger partial charge is 0.239 e. The van der Waals surface area contributed by atoms with Crippen molar-refractivity contribution in [3.63, 3.8) is 0 Å². The lowest BCUT2D eigenvalue weighted by Crippen LogP contribution is -2.57. The molecule has 1 atom stereocenters. The van der Waals surface area contributed by atoms with Crippen molar-refractivity contribution in [1.29, 1.82) is 0 Å². The number of primary amides is 1. The quantitative estimate of drug-likeness (QED) is 0.642. The fourth-order valence-corrected chi connectivity index (χ4v) is 1.58. The maximum Gasteiger partial charge on any atom is 0.239 e. The van der Waals surface area contributed by atoms with Crippen molar-refractivity contribution in [2.24, 2.45) is 11.7 Å². The van der Waals surface area contributed by atoms with E-state index in [0.717, 1.165) is 25.4 Å². The molecule has 0 aromatic carbocycles. The average molecular weight is 212 g/mol. The van der Waals surface area contributed by atoms with Crippen LogP contribution in [0.2, 0.25) is 0 Å². The number of hydrogen-bond donors (Lipinski definition) is 2. The van der Waals surface area contributed by atoms with Crippen molar-refractivity contribution in [1.82, 2.24) is 5.32 Å². The van der Waals surface area contributed by atoms with Crippen LogP contribution in [-0.4, -0.2) is 30.7 Å². The van der Waals surface area contributed by atoms with Crippen molar-refractivity contribution >= 4 is 5.91 Å². The number of carbonyl (C=O) groups excluding carboxylic acids is 1. The first-order valence-corrected chi connectivity index (χ1v) is 5.75. The van der Waals surface area contributed by atoms with Gasteiger partial charge in [0.05, 0.1) is 6.61 Å². The zero-order chi connectivity index (χ0) is 10.9. The average Bonchev–Trinajstić information content (AvgIpc) is 2.97. The van der Waals surface area contributed by atoms with Crippen molar-refractivity contribution in [3.8, 4) is 0 Å². The molecule has 86 valence electrons. The van der Waals surface area contributed by atoms with Crippen LogP contribution in [0.3, 0.4) is 0 Å². The van der Waals surface area contributed by atoms with E-state index in [9.17, 15) is 4.79 Å². The van der Waals surface area contributed by atoms with Crippen LogP contribution in [-0.2, 0) is 9.53 Å². The molecule has 3 N–H and O–H groups in total. The van der Waals surface area contributed by atoms with Gasteiger partial charge >= 0.3 is 0 Å². The second-order valence-corrected chi connectivity index (χ2v) is 5.07. The molecule has 4 heteroatoms. The van der Waals surface area contributed by atoms with E-state index in [1.807, 2.05) is 6.92 Å². The molecule has 0 bridgehead atoms. The van der Waals surface area contributed by atoms with Gasteiger partial charge in [-0.2, -0.15) is 0 Å². The number of carbonyl (C=O) groups is 1. The molecule has 2 fully saturated rings. The maximum absolute atomic E-state index is 11.4. The number of nitrogens with two attached hydrogens (primary N) is 1. The van der Waals surface area contributed by atoms with Crippen LogP contribution < -0.4 is 11.1 Å². The van der Waals surface area contributed by atoms with Gasteiger partial charge < -0.3 is 10.5 Å². The van der Waals surface area contributed by atoms with Crippen molar-refractivity contribution in [2.45, 2.75) is 44.2 Å². The Morgan fingerprint density at radius 1 is 1.47 bits per heavy atom. The molecule has 1 unspecified atom stereocenters. The highest BCUT2D eigenvalue weighted by Crippen LogP contribution is 2.29. The first-order chi connectivity index (χ1) is 7.10. The first-order valence-electron chi connectivity index (χ1n) is 5.75. The molecule has 0 aromatic rings. The predicted octanol–water partition coefficient (Wildman–Crippen LogP) is 0.409. The molecule has 15 heavy (non-hydrogen) atoms. The molecular weight excluding hydrogens is 192 g/mol.